The Bertz CT molecular complexity index is 834. The van der Waals surface area contributed by atoms with Gasteiger partial charge in [0.1, 0.15) is 5.15 Å². The molecule has 3 rings (SSSR count). The van der Waals surface area contributed by atoms with Crippen LogP contribution in [0.5, 0.6) is 0 Å². The van der Waals surface area contributed by atoms with Crippen LogP contribution < -0.4 is 15.4 Å². The van der Waals surface area contributed by atoms with E-state index in [1.807, 2.05) is 0 Å². The number of pyridine rings is 1. The number of rotatable bonds is 2. The molecule has 0 aliphatic carbocycles. The molecule has 24 heavy (non-hydrogen) atoms. The van der Waals surface area contributed by atoms with Gasteiger partial charge in [-0.3, -0.25) is 13.8 Å². The molecule has 1 aliphatic rings. The van der Waals surface area contributed by atoms with Gasteiger partial charge in [-0.05, 0) is 12.1 Å². The van der Waals surface area contributed by atoms with Gasteiger partial charge in [-0.1, -0.05) is 40.9 Å². The van der Waals surface area contributed by atoms with E-state index in [9.17, 15) is 13.9 Å². The lowest BCUT2D eigenvalue weighted by Gasteiger charge is -2.26. The summed E-state index contributed by atoms with van der Waals surface area (Å²) in [6.45, 7) is 0. The number of fused-ring (bicyclic) bond motifs is 1. The summed E-state index contributed by atoms with van der Waals surface area (Å²) in [6, 6.07) is 4.23. The second-order valence-corrected chi connectivity index (χ2v) is 7.88. The van der Waals surface area contributed by atoms with E-state index < -0.39 is 16.8 Å². The fourth-order valence-electron chi connectivity index (χ4n) is 2.15. The molecular weight excluding hydrogens is 399 g/mol. The van der Waals surface area contributed by atoms with Gasteiger partial charge in [0.25, 0.3) is 0 Å². The van der Waals surface area contributed by atoms with E-state index in [-0.39, 0.29) is 21.6 Å². The fraction of sp³-hybridized carbons (Fsp3) is 0.0769. The van der Waals surface area contributed by atoms with Gasteiger partial charge in [-0.15, -0.1) is 10.8 Å². The van der Waals surface area contributed by atoms with Crippen LogP contribution in [0.1, 0.15) is 5.56 Å². The van der Waals surface area contributed by atoms with E-state index in [0.717, 1.165) is 0 Å². The van der Waals surface area contributed by atoms with Gasteiger partial charge >= 0.3 is 6.03 Å². The highest BCUT2D eigenvalue weighted by Crippen LogP contribution is 2.54. The molecule has 2 amide bonds. The van der Waals surface area contributed by atoms with Crippen molar-refractivity contribution in [3.8, 4) is 0 Å². The number of hydrogen-bond donors (Lipinski definition) is 5. The number of anilines is 3. The predicted molar refractivity (Wildman–Crippen MR) is 98.5 cm³/mol. The molecule has 0 fully saturated rings. The molecule has 0 saturated carbocycles. The van der Waals surface area contributed by atoms with Crippen molar-refractivity contribution in [3.63, 3.8) is 0 Å². The first-order valence-corrected chi connectivity index (χ1v) is 9.35. The Morgan fingerprint density at radius 3 is 2.67 bits per heavy atom. The van der Waals surface area contributed by atoms with Crippen molar-refractivity contribution >= 4 is 68.7 Å². The van der Waals surface area contributed by atoms with Crippen LogP contribution in [0.25, 0.3) is 0 Å². The SMILES string of the molecule is O=C(Nc1cccc(Cl)c1Cl)Nc1cnc(Cl)c2c1NS(O)(O)C2. The summed E-state index contributed by atoms with van der Waals surface area (Å²) in [7, 11) is -3.04. The molecule has 0 radical (unpaired) electrons. The lowest BCUT2D eigenvalue weighted by atomic mass is 10.2. The number of aromatic nitrogens is 1. The van der Waals surface area contributed by atoms with Gasteiger partial charge in [0.05, 0.1) is 39.1 Å². The largest absolute Gasteiger partial charge is 0.323 e. The van der Waals surface area contributed by atoms with E-state index in [1.165, 1.54) is 6.20 Å². The summed E-state index contributed by atoms with van der Waals surface area (Å²) < 4.78 is 22.1. The zero-order chi connectivity index (χ0) is 17.5. The number of nitrogens with one attached hydrogen (secondary N) is 3. The average Bonchev–Trinajstić information content (AvgIpc) is 2.83. The van der Waals surface area contributed by atoms with Crippen molar-refractivity contribution in [3.05, 3.63) is 45.2 Å². The van der Waals surface area contributed by atoms with Crippen molar-refractivity contribution in [1.29, 1.82) is 0 Å². The maximum Gasteiger partial charge on any atom is 0.323 e. The Labute approximate surface area is 153 Å². The molecule has 11 heteroatoms. The second-order valence-electron chi connectivity index (χ2n) is 4.91. The van der Waals surface area contributed by atoms with E-state index in [4.69, 9.17) is 34.8 Å². The van der Waals surface area contributed by atoms with Gasteiger partial charge in [0.15, 0.2) is 0 Å². The molecule has 1 aromatic carbocycles. The van der Waals surface area contributed by atoms with E-state index in [1.54, 1.807) is 18.2 Å². The molecule has 0 bridgehead atoms. The first-order valence-electron chi connectivity index (χ1n) is 6.50. The van der Waals surface area contributed by atoms with Crippen LogP contribution in [-0.2, 0) is 5.75 Å². The first kappa shape index (κ1) is 17.4. The van der Waals surface area contributed by atoms with Gasteiger partial charge in [0, 0.05) is 5.56 Å². The minimum Gasteiger partial charge on any atom is -0.306 e. The molecular formula is C13H11Cl3N4O3S. The Hall–Kier alpha value is -1.42. The molecule has 128 valence electrons. The highest BCUT2D eigenvalue weighted by Gasteiger charge is 2.30. The average molecular weight is 410 g/mol. The number of amides is 2. The normalized spacial score (nSPS) is 16.0. The number of urea groups is 1. The maximum absolute atomic E-state index is 12.2. The fourth-order valence-corrected chi connectivity index (χ4v) is 4.10. The number of carbonyl (C=O) groups excluding carboxylic acids is 1. The minimum absolute atomic E-state index is 0.0779. The third-order valence-electron chi connectivity index (χ3n) is 3.19. The van der Waals surface area contributed by atoms with Crippen LogP contribution >= 0.6 is 45.6 Å². The zero-order valence-corrected chi connectivity index (χ0v) is 14.9. The smallest absolute Gasteiger partial charge is 0.306 e. The molecule has 1 aromatic heterocycles. The monoisotopic (exact) mass is 408 g/mol. The Balaban J connectivity index is 1.81. The van der Waals surface area contributed by atoms with E-state index >= 15 is 0 Å². The van der Waals surface area contributed by atoms with Crippen LogP contribution in [0.3, 0.4) is 0 Å². The standard InChI is InChI=1S/C13H11Cl3N4O3S/c14-7-2-1-3-8(10(7)15)18-13(21)19-9-4-17-12(16)6-5-24(22,23)20-11(6)9/h1-4,20,22-23H,5H2,(H2,18,19,21). The van der Waals surface area contributed by atoms with Crippen molar-refractivity contribution in [2.24, 2.45) is 0 Å². The van der Waals surface area contributed by atoms with Crippen LogP contribution in [0.4, 0.5) is 21.9 Å². The highest BCUT2D eigenvalue weighted by molar-refractivity contribution is 8.25. The van der Waals surface area contributed by atoms with Crippen molar-refractivity contribution in [2.75, 3.05) is 15.4 Å². The second kappa shape index (κ2) is 6.47. The molecule has 7 nitrogen and oxygen atoms in total. The van der Waals surface area contributed by atoms with Gasteiger partial charge in [0.2, 0.25) is 0 Å². The summed E-state index contributed by atoms with van der Waals surface area (Å²) in [5.41, 5.74) is 1.33. The topological polar surface area (TPSA) is 107 Å². The van der Waals surface area contributed by atoms with Crippen molar-refractivity contribution in [2.45, 2.75) is 5.75 Å². The molecule has 1 aliphatic heterocycles. The van der Waals surface area contributed by atoms with Gasteiger partial charge in [-0.25, -0.2) is 9.78 Å². The summed E-state index contributed by atoms with van der Waals surface area (Å²) >= 11 is 17.9. The molecule has 2 aromatic rings. The third kappa shape index (κ3) is 3.49. The summed E-state index contributed by atoms with van der Waals surface area (Å²) in [4.78, 5) is 16.1. The number of benzene rings is 1. The number of carbonyl (C=O) groups is 1. The third-order valence-corrected chi connectivity index (χ3v) is 5.55. The Morgan fingerprint density at radius 2 is 1.92 bits per heavy atom. The maximum atomic E-state index is 12.2. The lowest BCUT2D eigenvalue weighted by molar-refractivity contribution is 0.262. The Morgan fingerprint density at radius 1 is 1.21 bits per heavy atom. The number of halogens is 3. The predicted octanol–water partition coefficient (Wildman–Crippen LogP) is 5.28. The first-order chi connectivity index (χ1) is 11.3. The molecule has 0 spiro atoms. The van der Waals surface area contributed by atoms with Gasteiger partial charge in [-0.2, -0.15) is 0 Å². The summed E-state index contributed by atoms with van der Waals surface area (Å²) in [5.74, 6) is -0.0779. The molecule has 0 saturated heterocycles. The van der Waals surface area contributed by atoms with Crippen LogP contribution in [0.15, 0.2) is 24.4 Å². The summed E-state index contributed by atoms with van der Waals surface area (Å²) in [6.07, 6.45) is 1.31. The Kier molecular flexibility index (Phi) is 4.69. The van der Waals surface area contributed by atoms with E-state index in [2.05, 4.69) is 20.3 Å². The number of hydrogen-bond acceptors (Lipinski definition) is 5. The number of nitrogens with zero attached hydrogens (tertiary/aromatic N) is 1. The quantitative estimate of drug-likeness (QED) is 0.434. The zero-order valence-electron chi connectivity index (χ0n) is 11.8. The van der Waals surface area contributed by atoms with Crippen LogP contribution in [0.2, 0.25) is 15.2 Å². The van der Waals surface area contributed by atoms with Crippen molar-refractivity contribution < 1.29 is 13.9 Å². The molecule has 5 N–H and O–H groups in total. The van der Waals surface area contributed by atoms with Gasteiger partial charge < -0.3 is 10.6 Å². The summed E-state index contributed by atoms with van der Waals surface area (Å²) in [5, 5.41) is 5.76. The molecule has 2 heterocycles. The van der Waals surface area contributed by atoms with Crippen molar-refractivity contribution in [1.82, 2.24) is 4.98 Å². The molecule has 0 unspecified atom stereocenters. The lowest BCUT2D eigenvalue weighted by Crippen LogP contribution is -2.20. The van der Waals surface area contributed by atoms with E-state index in [0.29, 0.717) is 22.0 Å². The minimum atomic E-state index is -3.04. The molecule has 0 atom stereocenters. The van der Waals surface area contributed by atoms with Crippen LogP contribution in [0, 0.1) is 0 Å². The van der Waals surface area contributed by atoms with Crippen LogP contribution in [-0.4, -0.2) is 20.1 Å². The highest BCUT2D eigenvalue weighted by atomic mass is 35.5.